The molecule has 2 aliphatic heterocycles. The van der Waals surface area contributed by atoms with E-state index < -0.39 is 0 Å². The van der Waals surface area contributed by atoms with Crippen molar-refractivity contribution in [2.24, 2.45) is 11.8 Å². The van der Waals surface area contributed by atoms with Crippen molar-refractivity contribution in [1.82, 2.24) is 20.1 Å². The molecule has 196 valence electrons. The first-order valence-corrected chi connectivity index (χ1v) is 13.5. The number of ether oxygens (including phenoxy) is 1. The van der Waals surface area contributed by atoms with Gasteiger partial charge < -0.3 is 14.5 Å². The van der Waals surface area contributed by atoms with Gasteiger partial charge in [0.2, 0.25) is 11.8 Å². The van der Waals surface area contributed by atoms with Crippen molar-refractivity contribution >= 4 is 34.9 Å². The molecule has 38 heavy (non-hydrogen) atoms. The maximum absolute atomic E-state index is 13.6. The highest BCUT2D eigenvalue weighted by Gasteiger charge is 2.39. The Morgan fingerprint density at radius 1 is 1.00 bits per heavy atom. The molecule has 1 aromatic carbocycles. The quantitative estimate of drug-likeness (QED) is 0.409. The number of carbonyl (C=O) groups excluding carboxylic acids is 1. The van der Waals surface area contributed by atoms with E-state index in [1.807, 2.05) is 29.2 Å². The summed E-state index contributed by atoms with van der Waals surface area (Å²) in [6.45, 7) is 3.36. The van der Waals surface area contributed by atoms with Gasteiger partial charge in [-0.25, -0.2) is 4.98 Å². The lowest BCUT2D eigenvalue weighted by atomic mass is 9.87. The summed E-state index contributed by atoms with van der Waals surface area (Å²) in [5, 5.41) is 18.3. The van der Waals surface area contributed by atoms with Gasteiger partial charge in [-0.3, -0.25) is 4.79 Å². The third kappa shape index (κ3) is 6.17. The van der Waals surface area contributed by atoms with Crippen molar-refractivity contribution in [2.75, 3.05) is 37.7 Å². The molecule has 2 saturated heterocycles. The number of piperidine rings is 1. The summed E-state index contributed by atoms with van der Waals surface area (Å²) in [7, 11) is 0. The number of hydrogen-bond donors (Lipinski definition) is 0. The third-order valence-electron chi connectivity index (χ3n) is 7.42. The average molecular weight is 551 g/mol. The van der Waals surface area contributed by atoms with Crippen LogP contribution in [0.3, 0.4) is 0 Å². The maximum Gasteiger partial charge on any atom is 0.225 e. The number of nitriles is 1. The molecular weight excluding hydrogens is 523 g/mol. The highest BCUT2D eigenvalue weighted by atomic mass is 35.5. The van der Waals surface area contributed by atoms with E-state index in [2.05, 4.69) is 32.2 Å². The summed E-state index contributed by atoms with van der Waals surface area (Å²) >= 11 is 12.1. The van der Waals surface area contributed by atoms with Crippen molar-refractivity contribution in [3.05, 3.63) is 76.0 Å². The van der Waals surface area contributed by atoms with Crippen LogP contribution in [0, 0.1) is 23.2 Å². The Kier molecular flexibility index (Phi) is 8.26. The van der Waals surface area contributed by atoms with Crippen LogP contribution in [0.25, 0.3) is 0 Å². The Morgan fingerprint density at radius 3 is 2.42 bits per heavy atom. The first-order valence-electron chi connectivity index (χ1n) is 12.8. The smallest absolute Gasteiger partial charge is 0.225 e. The van der Waals surface area contributed by atoms with Gasteiger partial charge in [-0.15, -0.1) is 10.2 Å². The number of halogens is 2. The molecule has 2 aliphatic rings. The van der Waals surface area contributed by atoms with E-state index in [1.54, 1.807) is 24.4 Å². The van der Waals surface area contributed by atoms with E-state index in [-0.39, 0.29) is 23.7 Å². The minimum Gasteiger partial charge on any atom is -0.478 e. The summed E-state index contributed by atoms with van der Waals surface area (Å²) < 4.78 is 5.88. The predicted octanol–water partition coefficient (Wildman–Crippen LogP) is 4.98. The molecule has 0 radical (unpaired) electrons. The maximum atomic E-state index is 13.6. The number of rotatable bonds is 7. The number of likely N-dealkylation sites (tertiary alicyclic amines) is 1. The van der Waals surface area contributed by atoms with Crippen molar-refractivity contribution < 1.29 is 9.53 Å². The first-order chi connectivity index (χ1) is 18.5. The van der Waals surface area contributed by atoms with Crippen molar-refractivity contribution in [2.45, 2.75) is 25.2 Å². The van der Waals surface area contributed by atoms with Crippen molar-refractivity contribution in [3.8, 4) is 11.9 Å². The van der Waals surface area contributed by atoms with Gasteiger partial charge in [-0.05, 0) is 61.1 Å². The molecule has 5 rings (SSSR count). The Bertz CT molecular complexity index is 1270. The molecule has 3 aromatic rings. The highest BCUT2D eigenvalue weighted by molar-refractivity contribution is 6.30. The second kappa shape index (κ2) is 12.0. The second-order valence-electron chi connectivity index (χ2n) is 9.76. The number of benzene rings is 1. The van der Waals surface area contributed by atoms with Crippen LogP contribution in [0.15, 0.2) is 54.7 Å². The number of amides is 1. The topological polar surface area (TPSA) is 95.2 Å². The van der Waals surface area contributed by atoms with E-state index in [1.165, 1.54) is 5.56 Å². The average Bonchev–Trinajstić information content (AvgIpc) is 3.38. The van der Waals surface area contributed by atoms with Gasteiger partial charge in [0.15, 0.2) is 11.5 Å². The fourth-order valence-corrected chi connectivity index (χ4v) is 5.60. The monoisotopic (exact) mass is 550 g/mol. The first kappa shape index (κ1) is 26.2. The van der Waals surface area contributed by atoms with Gasteiger partial charge in [0.1, 0.15) is 6.07 Å². The second-order valence-corrected chi connectivity index (χ2v) is 10.6. The molecular formula is C28H28Cl2N6O2. The number of aromatic nitrogens is 3. The zero-order valence-corrected chi connectivity index (χ0v) is 22.4. The fourth-order valence-electron chi connectivity index (χ4n) is 5.36. The van der Waals surface area contributed by atoms with Crippen molar-refractivity contribution in [1.29, 1.82) is 5.26 Å². The normalized spacial score (nSPS) is 19.8. The molecule has 2 atom stereocenters. The summed E-state index contributed by atoms with van der Waals surface area (Å²) in [6, 6.07) is 17.0. The van der Waals surface area contributed by atoms with E-state index in [0.717, 1.165) is 38.2 Å². The van der Waals surface area contributed by atoms with Gasteiger partial charge in [0.05, 0.1) is 11.6 Å². The van der Waals surface area contributed by atoms with E-state index in [0.29, 0.717) is 41.3 Å². The van der Waals surface area contributed by atoms with Gasteiger partial charge >= 0.3 is 0 Å². The number of carbonyl (C=O) groups is 1. The summed E-state index contributed by atoms with van der Waals surface area (Å²) in [5.74, 6) is 1.97. The lowest BCUT2D eigenvalue weighted by Gasteiger charge is -2.33. The summed E-state index contributed by atoms with van der Waals surface area (Å²) in [6.07, 6.45) is 3.90. The van der Waals surface area contributed by atoms with E-state index in [4.69, 9.17) is 33.2 Å². The van der Waals surface area contributed by atoms with E-state index >= 15 is 0 Å². The number of hydrogen-bond acceptors (Lipinski definition) is 7. The number of pyridine rings is 1. The SMILES string of the molecule is N#Cc1ccc(N2CCC(C(=O)N3C[C@H](CCOc4ccc(Cl)cn4)[C@@H](c4ccc(Cl)cc4)C3)CC2)nn1. The Morgan fingerprint density at radius 2 is 1.76 bits per heavy atom. The molecule has 10 heteroatoms. The molecule has 1 amide bonds. The van der Waals surface area contributed by atoms with Crippen LogP contribution in [-0.4, -0.2) is 58.8 Å². The lowest BCUT2D eigenvalue weighted by Crippen LogP contribution is -2.42. The van der Waals surface area contributed by atoms with Gasteiger partial charge in [-0.1, -0.05) is 35.3 Å². The summed E-state index contributed by atoms with van der Waals surface area (Å²) in [5.41, 5.74) is 1.49. The summed E-state index contributed by atoms with van der Waals surface area (Å²) in [4.78, 5) is 22.0. The zero-order chi connectivity index (χ0) is 26.5. The third-order valence-corrected chi connectivity index (χ3v) is 7.90. The molecule has 2 aromatic heterocycles. The van der Waals surface area contributed by atoms with Gasteiger partial charge in [-0.2, -0.15) is 5.26 Å². The molecule has 4 heterocycles. The van der Waals surface area contributed by atoms with Gasteiger partial charge in [0.25, 0.3) is 0 Å². The highest BCUT2D eigenvalue weighted by Crippen LogP contribution is 2.37. The van der Waals surface area contributed by atoms with Gasteiger partial charge in [0, 0.05) is 55.3 Å². The molecule has 2 fully saturated rings. The molecule has 0 aliphatic carbocycles. The zero-order valence-electron chi connectivity index (χ0n) is 20.8. The van der Waals surface area contributed by atoms with Crippen LogP contribution < -0.4 is 9.64 Å². The molecule has 0 saturated carbocycles. The minimum absolute atomic E-state index is 0.0169. The standard InChI is InChI=1S/C28H28Cl2N6O2/c29-22-3-1-19(2-4-22)25-18-36(17-21(25)11-14-38-27-8-5-23(30)16-32-27)28(37)20-9-12-35(13-10-20)26-7-6-24(15-31)33-34-26/h1-8,16,20-21,25H,9-14,17-18H2/t21-,25+/m0/s1. The van der Waals surface area contributed by atoms with Crippen LogP contribution in [0.5, 0.6) is 5.88 Å². The molecule has 0 N–H and O–H groups in total. The van der Waals surface area contributed by atoms with Crippen LogP contribution in [-0.2, 0) is 4.79 Å². The largest absolute Gasteiger partial charge is 0.478 e. The number of nitrogens with zero attached hydrogens (tertiary/aromatic N) is 6. The van der Waals surface area contributed by atoms with Crippen LogP contribution in [0.4, 0.5) is 5.82 Å². The molecule has 8 nitrogen and oxygen atoms in total. The van der Waals surface area contributed by atoms with Crippen LogP contribution in [0.1, 0.15) is 36.4 Å². The lowest BCUT2D eigenvalue weighted by molar-refractivity contribution is -0.135. The Hall–Kier alpha value is -3.41. The van der Waals surface area contributed by atoms with Crippen LogP contribution >= 0.6 is 23.2 Å². The number of anilines is 1. The van der Waals surface area contributed by atoms with Crippen molar-refractivity contribution in [3.63, 3.8) is 0 Å². The fraction of sp³-hybridized carbons (Fsp3) is 0.393. The van der Waals surface area contributed by atoms with E-state index in [9.17, 15) is 4.79 Å². The molecule has 0 unspecified atom stereocenters. The Balaban J connectivity index is 1.21. The minimum atomic E-state index is -0.0169. The van der Waals surface area contributed by atoms with Crippen LogP contribution in [0.2, 0.25) is 10.0 Å². The molecule has 0 spiro atoms. The predicted molar refractivity (Wildman–Crippen MR) is 145 cm³/mol. The Labute approximate surface area is 232 Å². The molecule has 0 bridgehead atoms.